The third-order valence-corrected chi connectivity index (χ3v) is 3.84. The van der Waals surface area contributed by atoms with Gasteiger partial charge in [-0.15, -0.1) is 0 Å². The first kappa shape index (κ1) is 8.45. The zero-order valence-corrected chi connectivity index (χ0v) is 8.48. The fraction of sp³-hybridized carbons (Fsp3) is 0.500. The zero-order chi connectivity index (χ0) is 7.07. The predicted octanol–water partition coefficient (Wildman–Crippen LogP) is 2.39. The van der Waals surface area contributed by atoms with Gasteiger partial charge in [-0.1, -0.05) is 0 Å². The molecule has 1 aliphatic heterocycles. The van der Waals surface area contributed by atoms with Gasteiger partial charge < -0.3 is 0 Å². The molecule has 0 saturated heterocycles. The van der Waals surface area contributed by atoms with Crippen LogP contribution in [0.5, 0.6) is 0 Å². The van der Waals surface area contributed by atoms with Crippen LogP contribution in [0.25, 0.3) is 0 Å². The topological polar surface area (TPSA) is 0 Å². The van der Waals surface area contributed by atoms with Crippen LogP contribution in [0.4, 0.5) is 0 Å². The van der Waals surface area contributed by atoms with E-state index in [1.165, 1.54) is 22.1 Å². The van der Waals surface area contributed by atoms with Gasteiger partial charge in [0.05, 0.1) is 0 Å². The molecule has 0 aromatic heterocycles. The van der Waals surface area contributed by atoms with Crippen LogP contribution < -0.4 is 0 Å². The van der Waals surface area contributed by atoms with Gasteiger partial charge in [0.25, 0.3) is 0 Å². The van der Waals surface area contributed by atoms with Crippen molar-refractivity contribution in [1.29, 1.82) is 0 Å². The molecule has 0 atom stereocenters. The molecule has 0 aliphatic carbocycles. The second-order valence-corrected chi connectivity index (χ2v) is 5.35. The summed E-state index contributed by atoms with van der Waals surface area (Å²) in [4.78, 5) is 0. The molecule has 1 heterocycles. The maximum absolute atomic E-state index is 2.33. The summed E-state index contributed by atoms with van der Waals surface area (Å²) in [6, 6.07) is 0. The Kier molecular flexibility index (Phi) is 5.14. The maximum atomic E-state index is 2.33. The molecular formula is C8H12SSe. The molecule has 0 nitrogen and oxygen atoms in total. The Labute approximate surface area is 73.3 Å². The van der Waals surface area contributed by atoms with E-state index in [-0.39, 0.29) is 0 Å². The Balaban J connectivity index is 2.22. The van der Waals surface area contributed by atoms with Gasteiger partial charge in [0.2, 0.25) is 0 Å². The summed E-state index contributed by atoms with van der Waals surface area (Å²) < 4.78 is 0. The van der Waals surface area contributed by atoms with Crippen LogP contribution in [0.2, 0.25) is 10.6 Å². The predicted molar refractivity (Wildman–Crippen MR) is 51.0 cm³/mol. The minimum atomic E-state index is 0.828. The summed E-state index contributed by atoms with van der Waals surface area (Å²) in [5.74, 6) is 2.39. The van der Waals surface area contributed by atoms with E-state index in [4.69, 9.17) is 0 Å². The molecule has 2 heteroatoms. The Morgan fingerprint density at radius 1 is 0.900 bits per heavy atom. The third kappa shape index (κ3) is 4.21. The summed E-state index contributed by atoms with van der Waals surface area (Å²) in [5.41, 5.74) is 0. The molecule has 0 saturated carbocycles. The Bertz CT molecular complexity index is 101. The SMILES string of the molecule is C1=CC[Se]CC=CCSC1. The second-order valence-electron chi connectivity index (χ2n) is 2.02. The van der Waals surface area contributed by atoms with E-state index in [0.717, 1.165) is 15.0 Å². The molecule has 0 aromatic rings. The molecule has 1 rings (SSSR count). The third-order valence-electron chi connectivity index (χ3n) is 1.19. The zero-order valence-electron chi connectivity index (χ0n) is 5.95. The van der Waals surface area contributed by atoms with Crippen LogP contribution in [0.3, 0.4) is 0 Å². The summed E-state index contributed by atoms with van der Waals surface area (Å²) in [7, 11) is 0. The Hall–Kier alpha value is 0.349. The molecule has 0 radical (unpaired) electrons. The normalized spacial score (nSPS) is 20.8. The molecule has 0 amide bonds. The van der Waals surface area contributed by atoms with Gasteiger partial charge in [0, 0.05) is 0 Å². The van der Waals surface area contributed by atoms with Crippen molar-refractivity contribution in [3.05, 3.63) is 24.3 Å². The van der Waals surface area contributed by atoms with E-state index >= 15 is 0 Å². The molecule has 0 spiro atoms. The first-order valence-corrected chi connectivity index (χ1v) is 7.03. The molecule has 1 aliphatic rings. The van der Waals surface area contributed by atoms with Crippen LogP contribution in [-0.4, -0.2) is 26.5 Å². The van der Waals surface area contributed by atoms with E-state index in [0.29, 0.717) is 0 Å². The van der Waals surface area contributed by atoms with Gasteiger partial charge in [0.15, 0.2) is 0 Å². The molecule has 10 heavy (non-hydrogen) atoms. The minimum absolute atomic E-state index is 0.828. The number of hydrogen-bond donors (Lipinski definition) is 0. The van der Waals surface area contributed by atoms with Crippen molar-refractivity contribution in [2.24, 2.45) is 0 Å². The molecule has 0 unspecified atom stereocenters. The van der Waals surface area contributed by atoms with Gasteiger partial charge in [-0.25, -0.2) is 0 Å². The van der Waals surface area contributed by atoms with Crippen molar-refractivity contribution < 1.29 is 0 Å². The average molecular weight is 219 g/mol. The fourth-order valence-electron chi connectivity index (χ4n) is 0.680. The van der Waals surface area contributed by atoms with Crippen molar-refractivity contribution >= 4 is 26.7 Å². The summed E-state index contributed by atoms with van der Waals surface area (Å²) in [6.07, 6.45) is 9.25. The summed E-state index contributed by atoms with van der Waals surface area (Å²) >= 11 is 2.81. The van der Waals surface area contributed by atoms with Crippen molar-refractivity contribution in [2.45, 2.75) is 10.6 Å². The molecule has 0 aromatic carbocycles. The standard InChI is InChI=1S/C8H12SSe/c1-3-7-10-8-4-2-6-9-5-1/h1-4H,5-8H2. The van der Waals surface area contributed by atoms with Crippen LogP contribution in [0.1, 0.15) is 0 Å². The average Bonchev–Trinajstić information content (AvgIpc) is 2.01. The molecule has 56 valence electrons. The summed E-state index contributed by atoms with van der Waals surface area (Å²) in [6.45, 7) is 0. The van der Waals surface area contributed by atoms with E-state index in [1.54, 1.807) is 0 Å². The first-order chi connectivity index (χ1) is 5.00. The quantitative estimate of drug-likeness (QED) is 0.445. The van der Waals surface area contributed by atoms with Crippen LogP contribution in [0.15, 0.2) is 24.3 Å². The van der Waals surface area contributed by atoms with E-state index in [2.05, 4.69) is 24.3 Å². The Morgan fingerprint density at radius 2 is 1.50 bits per heavy atom. The molecule has 0 N–H and O–H groups in total. The van der Waals surface area contributed by atoms with Crippen LogP contribution in [0, 0.1) is 0 Å². The van der Waals surface area contributed by atoms with E-state index < -0.39 is 0 Å². The van der Waals surface area contributed by atoms with E-state index in [1.807, 2.05) is 11.8 Å². The van der Waals surface area contributed by atoms with Gasteiger partial charge in [-0.05, 0) is 0 Å². The Morgan fingerprint density at radius 3 is 2.10 bits per heavy atom. The number of rotatable bonds is 0. The number of hydrogen-bond acceptors (Lipinski definition) is 1. The first-order valence-electron chi connectivity index (χ1n) is 3.45. The second kappa shape index (κ2) is 6.09. The van der Waals surface area contributed by atoms with Crippen molar-refractivity contribution in [2.75, 3.05) is 11.5 Å². The monoisotopic (exact) mass is 220 g/mol. The van der Waals surface area contributed by atoms with Gasteiger partial charge in [-0.2, -0.15) is 0 Å². The fourth-order valence-corrected chi connectivity index (χ4v) is 2.79. The number of allylic oxidation sites excluding steroid dienone is 2. The summed E-state index contributed by atoms with van der Waals surface area (Å²) in [5, 5.41) is 2.63. The van der Waals surface area contributed by atoms with Gasteiger partial charge in [0.1, 0.15) is 0 Å². The van der Waals surface area contributed by atoms with Crippen molar-refractivity contribution in [1.82, 2.24) is 0 Å². The van der Waals surface area contributed by atoms with Crippen molar-refractivity contribution in [3.63, 3.8) is 0 Å². The van der Waals surface area contributed by atoms with Crippen LogP contribution in [-0.2, 0) is 0 Å². The molecular weight excluding hydrogens is 207 g/mol. The van der Waals surface area contributed by atoms with Crippen LogP contribution >= 0.6 is 11.8 Å². The van der Waals surface area contributed by atoms with Crippen molar-refractivity contribution in [3.8, 4) is 0 Å². The van der Waals surface area contributed by atoms with Gasteiger partial charge >= 0.3 is 73.2 Å². The molecule has 0 bridgehead atoms. The van der Waals surface area contributed by atoms with E-state index in [9.17, 15) is 0 Å². The van der Waals surface area contributed by atoms with Gasteiger partial charge in [-0.3, -0.25) is 0 Å². The number of thioether (sulfide) groups is 1. The molecule has 0 fully saturated rings.